The summed E-state index contributed by atoms with van der Waals surface area (Å²) in [5.41, 5.74) is 7.81. The molecule has 3 aromatic carbocycles. The summed E-state index contributed by atoms with van der Waals surface area (Å²) in [6, 6.07) is 24.6. The number of hydrogen-bond donors (Lipinski definition) is 7. The van der Waals surface area contributed by atoms with Gasteiger partial charge in [-0.05, 0) is 139 Å². The maximum absolute atomic E-state index is 13.2. The number of carbonyl (C=O) groups excluding carboxylic acids is 3. The van der Waals surface area contributed by atoms with Gasteiger partial charge in [0, 0.05) is 72.7 Å². The molecule has 5 heterocycles. The zero-order chi connectivity index (χ0) is 70.3. The summed E-state index contributed by atoms with van der Waals surface area (Å²) in [6.45, 7) is 31.0. The molecule has 3 amide bonds. The Labute approximate surface area is 568 Å². The molecule has 4 aromatic rings. The molecule has 22 heteroatoms. The predicted octanol–water partition coefficient (Wildman–Crippen LogP) is 8.81. The molecule has 1 aromatic heterocycles. The number of nitrogens with zero attached hydrogens (tertiary/aromatic N) is 6. The van der Waals surface area contributed by atoms with E-state index in [-0.39, 0.29) is 35.5 Å². The molecule has 96 heavy (non-hydrogen) atoms. The fourth-order valence-electron chi connectivity index (χ4n) is 12.4. The van der Waals surface area contributed by atoms with Crippen LogP contribution in [0.15, 0.2) is 109 Å². The average molecular weight is 1330 g/mol. The van der Waals surface area contributed by atoms with E-state index in [2.05, 4.69) is 159 Å². The number of para-hydroxylation sites is 2. The van der Waals surface area contributed by atoms with Crippen LogP contribution in [0.4, 0.5) is 11.4 Å². The van der Waals surface area contributed by atoms with Crippen LogP contribution in [0.2, 0.25) is 0 Å². The van der Waals surface area contributed by atoms with Gasteiger partial charge >= 0.3 is 0 Å². The summed E-state index contributed by atoms with van der Waals surface area (Å²) in [7, 11) is 2.15. The van der Waals surface area contributed by atoms with Crippen LogP contribution in [-0.2, 0) is 60.2 Å². The molecule has 2 saturated heterocycles. The minimum absolute atomic E-state index is 0.0558. The van der Waals surface area contributed by atoms with Crippen molar-refractivity contribution in [3.05, 3.63) is 131 Å². The highest BCUT2D eigenvalue weighted by molar-refractivity contribution is 6.03. The number of aliphatic hydroxyl groups excluding tert-OH is 4. The molecule has 526 valence electrons. The molecule has 4 aliphatic heterocycles. The van der Waals surface area contributed by atoms with Crippen LogP contribution in [0.25, 0.3) is 11.4 Å². The number of nitrogens with one attached hydrogen (secondary N) is 3. The molecule has 7 N–H and O–H groups in total. The van der Waals surface area contributed by atoms with Crippen LogP contribution < -0.4 is 20.9 Å². The molecule has 4 unspecified atom stereocenters. The molecule has 10 atom stereocenters. The zero-order valence-electron chi connectivity index (χ0n) is 59.4. The Morgan fingerprint density at radius 1 is 0.625 bits per heavy atom. The summed E-state index contributed by atoms with van der Waals surface area (Å²) in [5, 5.41) is 67.2. The highest BCUT2D eigenvalue weighted by Crippen LogP contribution is 2.48. The number of carbonyl (C=O) groups is 3. The van der Waals surface area contributed by atoms with Crippen molar-refractivity contribution in [2.45, 2.75) is 257 Å². The van der Waals surface area contributed by atoms with E-state index in [0.717, 1.165) is 62.6 Å². The predicted molar refractivity (Wildman–Crippen MR) is 369 cm³/mol. The Balaban J connectivity index is 0.000000322. The number of unbranched alkanes of at least 4 members (excludes halogenated alkanes) is 5. The van der Waals surface area contributed by atoms with E-state index >= 15 is 0 Å². The first-order valence-electron chi connectivity index (χ1n) is 34.1. The van der Waals surface area contributed by atoms with Crippen LogP contribution in [0.3, 0.4) is 0 Å². The van der Waals surface area contributed by atoms with E-state index in [1.54, 1.807) is 55.4 Å². The Morgan fingerprint density at radius 2 is 1.15 bits per heavy atom. The first-order chi connectivity index (χ1) is 45.3. The Bertz CT molecular complexity index is 3320. The van der Waals surface area contributed by atoms with Crippen molar-refractivity contribution in [3.63, 3.8) is 0 Å². The number of aryl methyl sites for hydroxylation is 1. The maximum Gasteiger partial charge on any atom is 0.252 e. The van der Waals surface area contributed by atoms with Crippen LogP contribution in [-0.4, -0.2) is 180 Å². The Hall–Kier alpha value is -6.70. The van der Waals surface area contributed by atoms with Crippen molar-refractivity contribution < 1.29 is 67.8 Å². The van der Waals surface area contributed by atoms with Gasteiger partial charge in [-0.25, -0.2) is 0 Å². The average Bonchev–Trinajstić information content (AvgIpc) is 1.55. The van der Waals surface area contributed by atoms with Gasteiger partial charge in [0.05, 0.1) is 28.8 Å². The van der Waals surface area contributed by atoms with Gasteiger partial charge in [-0.2, -0.15) is 4.58 Å². The number of aromatic nitrogens is 4. The lowest BCUT2D eigenvalue weighted by Crippen LogP contribution is -2.64. The van der Waals surface area contributed by atoms with E-state index < -0.39 is 84.4 Å². The molecule has 0 aliphatic carbocycles. The first kappa shape index (κ1) is 76.7. The molecule has 0 saturated carbocycles. The number of amides is 3. The number of rotatable bonds is 27. The fraction of sp³-hybridized carbons (Fsp3) is 0.595. The number of ether oxygens (including phenoxy) is 6. The topological polar surface area (TPSA) is 281 Å². The third-order valence-electron chi connectivity index (χ3n) is 17.1. The van der Waals surface area contributed by atoms with Gasteiger partial charge in [0.25, 0.3) is 11.8 Å². The monoisotopic (exact) mass is 1330 g/mol. The molecule has 22 nitrogen and oxygen atoms in total. The SMILES string of the molecule is CC(C)O[C@@H]1OC(C(=O)NCCCCCCNC(=O)CCCCCN2C(=CC=CC=CC3=[N+](C)c4ccccc4C3(C)C)C(C)(C)c3ccccc32)[C@@H](OC(C)(C)C)[C@H](O)C1O.Cc1nnc(-c2ccc(CNC(=O)C3O[C@@H](OC(C)C)C(O)[C@@H](O)[C@@H]3OC(C)(C)C)cc2)nn1. The quantitative estimate of drug-likeness (QED) is 0.0167. The van der Waals surface area contributed by atoms with Crippen LogP contribution in [0.1, 0.15) is 171 Å². The van der Waals surface area contributed by atoms with E-state index in [1.807, 2.05) is 45.0 Å². The minimum Gasteiger partial charge on any atom is -0.387 e. The van der Waals surface area contributed by atoms with Gasteiger partial charge in [-0.15, -0.1) is 20.4 Å². The molecule has 4 aliphatic rings. The van der Waals surface area contributed by atoms with Crippen molar-refractivity contribution in [2.24, 2.45) is 0 Å². The molecule has 0 radical (unpaired) electrons. The van der Waals surface area contributed by atoms with Crippen molar-refractivity contribution >= 4 is 34.8 Å². The third-order valence-corrected chi connectivity index (χ3v) is 17.1. The standard InChI is InChI=1S/C51H74N4O7.C23H33N5O6/c1-35(2)60-48-44(58)43(57)45(62-49(3,4)5)46(61-48)47(59)53-33-23-12-11-22-32-52-42(56)31-17-14-24-34-55-39-28-21-19-26-37(39)51(8,9)41(55)30-16-13-15-29-40-50(6,7)36-25-18-20-27-38(36)54(40)10;1-12(2)32-22-17(30)16(29)18(34-23(4,5)6)19(33-22)21(31)24-11-14-7-9-15(10-8-14)20-27-25-13(3)26-28-20/h13,15-16,18-21,25-30,35,43-46,48,57-58H,11-12,14,17,22-24,31-34H2,1-10H3,(H-,52,53,56,59);7-10,12,16-19,22,29-30H,11H2,1-6H3,(H,24,31)/p+1/t43-,44?,45+,46?,48-;16-,17?,18+,19?,22-/m11/s1. The molecular formula is C74H108N9O13+. The number of benzene rings is 3. The van der Waals surface area contributed by atoms with Crippen molar-refractivity contribution in [1.82, 2.24) is 36.3 Å². The Morgan fingerprint density at radius 3 is 1.70 bits per heavy atom. The van der Waals surface area contributed by atoms with E-state index in [1.165, 1.54) is 33.9 Å². The minimum atomic E-state index is -1.37. The molecule has 2 fully saturated rings. The van der Waals surface area contributed by atoms with Crippen molar-refractivity contribution in [1.29, 1.82) is 0 Å². The summed E-state index contributed by atoms with van der Waals surface area (Å²) < 4.78 is 37.0. The number of aliphatic hydroxyl groups is 4. The lowest BCUT2D eigenvalue weighted by Gasteiger charge is -2.44. The number of anilines is 1. The highest BCUT2D eigenvalue weighted by Gasteiger charge is 2.52. The van der Waals surface area contributed by atoms with Gasteiger partial charge in [0.15, 0.2) is 36.3 Å². The van der Waals surface area contributed by atoms with Gasteiger partial charge in [-0.1, -0.05) is 112 Å². The van der Waals surface area contributed by atoms with Crippen LogP contribution >= 0.6 is 0 Å². The number of hydrogen-bond acceptors (Lipinski definition) is 18. The third kappa shape index (κ3) is 20.7. The largest absolute Gasteiger partial charge is 0.387 e. The number of allylic oxidation sites excluding steroid dienone is 6. The van der Waals surface area contributed by atoms with Gasteiger partial charge in [-0.3, -0.25) is 14.4 Å². The van der Waals surface area contributed by atoms with Gasteiger partial charge in [0.2, 0.25) is 17.4 Å². The summed E-state index contributed by atoms with van der Waals surface area (Å²) >= 11 is 0. The van der Waals surface area contributed by atoms with E-state index in [0.29, 0.717) is 31.2 Å². The van der Waals surface area contributed by atoms with Gasteiger partial charge < -0.3 is 69.7 Å². The second kappa shape index (κ2) is 34.2. The normalized spacial score (nSPS) is 24.4. The van der Waals surface area contributed by atoms with Crippen molar-refractivity contribution in [3.8, 4) is 11.4 Å². The second-order valence-corrected chi connectivity index (χ2v) is 28.8. The highest BCUT2D eigenvalue weighted by atomic mass is 16.7. The van der Waals surface area contributed by atoms with Crippen molar-refractivity contribution in [2.75, 3.05) is 31.6 Å². The molecule has 0 bridgehead atoms. The summed E-state index contributed by atoms with van der Waals surface area (Å²) in [6.07, 6.45) is 4.91. The first-order valence-corrected chi connectivity index (χ1v) is 34.1. The molecular weight excluding hydrogens is 1220 g/mol. The lowest BCUT2D eigenvalue weighted by molar-refractivity contribution is -0.401. The zero-order valence-corrected chi connectivity index (χ0v) is 59.4. The summed E-state index contributed by atoms with van der Waals surface area (Å²) in [4.78, 5) is 41.4. The maximum atomic E-state index is 13.2. The lowest BCUT2D eigenvalue weighted by atomic mass is 9.81. The smallest absolute Gasteiger partial charge is 0.252 e. The van der Waals surface area contributed by atoms with Crippen LogP contribution in [0, 0.1) is 6.92 Å². The van der Waals surface area contributed by atoms with Crippen LogP contribution in [0.5, 0.6) is 0 Å². The van der Waals surface area contributed by atoms with E-state index in [4.69, 9.17) is 28.4 Å². The molecule has 0 spiro atoms. The second-order valence-electron chi connectivity index (χ2n) is 28.8. The summed E-state index contributed by atoms with van der Waals surface area (Å²) in [5.74, 6) is 0.0737. The van der Waals surface area contributed by atoms with E-state index in [9.17, 15) is 34.8 Å². The fourth-order valence-corrected chi connectivity index (χ4v) is 12.4. The molecule has 8 rings (SSSR count). The van der Waals surface area contributed by atoms with Gasteiger partial charge in [0.1, 0.15) is 43.7 Å². The number of fused-ring (bicyclic) bond motifs is 2. The Kier molecular flexibility index (Phi) is 27.3.